The molecule has 1 aromatic heterocycles. The molecule has 0 bridgehead atoms. The summed E-state index contributed by atoms with van der Waals surface area (Å²) in [6.07, 6.45) is 1.50. The van der Waals surface area contributed by atoms with Gasteiger partial charge in [-0.05, 0) is 19.2 Å². The van der Waals surface area contributed by atoms with Gasteiger partial charge in [-0.25, -0.2) is 4.79 Å². The number of carbonyl (C=O) groups is 1. The van der Waals surface area contributed by atoms with Gasteiger partial charge >= 0.3 is 5.97 Å². The van der Waals surface area contributed by atoms with Gasteiger partial charge in [0.05, 0.1) is 23.4 Å². The van der Waals surface area contributed by atoms with Gasteiger partial charge in [0.25, 0.3) is 0 Å². The molecule has 5 nitrogen and oxygen atoms in total. The number of thiocarbonyl (C=S) groups is 1. The van der Waals surface area contributed by atoms with E-state index in [9.17, 15) is 4.79 Å². The summed E-state index contributed by atoms with van der Waals surface area (Å²) in [5.74, 6) is -0.388. The number of methoxy groups -OCH3 is 1. The summed E-state index contributed by atoms with van der Waals surface area (Å²) in [7, 11) is 3.24. The monoisotopic (exact) mass is 253 g/mol. The van der Waals surface area contributed by atoms with Gasteiger partial charge in [-0.2, -0.15) is 0 Å². The van der Waals surface area contributed by atoms with Crippen LogP contribution in [0.4, 0.5) is 0 Å². The first-order valence-electron chi connectivity index (χ1n) is 5.03. The Morgan fingerprint density at radius 1 is 1.59 bits per heavy atom. The van der Waals surface area contributed by atoms with E-state index in [1.54, 1.807) is 12.1 Å². The molecule has 6 heteroatoms. The molecule has 0 amide bonds. The van der Waals surface area contributed by atoms with E-state index in [4.69, 9.17) is 18.0 Å². The first-order valence-corrected chi connectivity index (χ1v) is 5.44. The fourth-order valence-electron chi connectivity index (χ4n) is 1.36. The first-order chi connectivity index (χ1) is 8.02. The molecule has 0 aliphatic heterocycles. The van der Waals surface area contributed by atoms with E-state index in [-0.39, 0.29) is 5.97 Å². The number of nitrogens with two attached hydrogens (primary N) is 1. The minimum atomic E-state index is -0.388. The molecule has 0 aliphatic rings. The molecule has 92 valence electrons. The number of nitrogens with zero attached hydrogens (tertiary/aromatic N) is 2. The zero-order valence-corrected chi connectivity index (χ0v) is 10.7. The molecule has 0 saturated carbocycles. The van der Waals surface area contributed by atoms with E-state index < -0.39 is 0 Å². The van der Waals surface area contributed by atoms with Crippen LogP contribution in [0.2, 0.25) is 0 Å². The maximum Gasteiger partial charge on any atom is 0.339 e. The molecule has 0 atom stereocenters. The van der Waals surface area contributed by atoms with E-state index in [0.29, 0.717) is 23.6 Å². The van der Waals surface area contributed by atoms with Crippen LogP contribution in [-0.2, 0) is 11.3 Å². The Morgan fingerprint density at radius 3 is 2.76 bits per heavy atom. The Kier molecular flexibility index (Phi) is 4.99. The predicted molar refractivity (Wildman–Crippen MR) is 68.7 cm³/mol. The van der Waals surface area contributed by atoms with Gasteiger partial charge in [0.15, 0.2) is 0 Å². The molecule has 2 N–H and O–H groups in total. The number of hydrogen-bond donors (Lipinski definition) is 1. The molecule has 0 fully saturated rings. The van der Waals surface area contributed by atoms with Crippen molar-refractivity contribution in [1.29, 1.82) is 0 Å². The van der Waals surface area contributed by atoms with Gasteiger partial charge in [-0.15, -0.1) is 0 Å². The van der Waals surface area contributed by atoms with Crippen molar-refractivity contribution in [2.24, 2.45) is 5.73 Å². The average molecular weight is 253 g/mol. The largest absolute Gasteiger partial charge is 0.465 e. The Morgan fingerprint density at radius 2 is 2.29 bits per heavy atom. The number of aromatic nitrogens is 1. The summed E-state index contributed by atoms with van der Waals surface area (Å²) < 4.78 is 4.59. The molecular formula is C11H15N3O2S. The van der Waals surface area contributed by atoms with Gasteiger partial charge in [-0.1, -0.05) is 12.2 Å². The molecule has 1 aromatic rings. The predicted octanol–water partition coefficient (Wildman–Crippen LogP) is 0.586. The normalized spacial score (nSPS) is 10.3. The van der Waals surface area contributed by atoms with Crippen molar-refractivity contribution in [3.63, 3.8) is 0 Å². The molecular weight excluding hydrogens is 238 g/mol. The minimum Gasteiger partial charge on any atom is -0.465 e. The van der Waals surface area contributed by atoms with Crippen LogP contribution in [0, 0.1) is 0 Å². The molecule has 0 spiro atoms. The highest BCUT2D eigenvalue weighted by Crippen LogP contribution is 2.04. The fraction of sp³-hybridized carbons (Fsp3) is 0.364. The van der Waals surface area contributed by atoms with Gasteiger partial charge in [0.2, 0.25) is 0 Å². The van der Waals surface area contributed by atoms with Crippen LogP contribution in [0.3, 0.4) is 0 Å². The number of rotatable bonds is 5. The third-order valence-corrected chi connectivity index (χ3v) is 2.23. The zero-order chi connectivity index (χ0) is 12.8. The molecule has 1 rings (SSSR count). The van der Waals surface area contributed by atoms with Crippen molar-refractivity contribution in [3.8, 4) is 0 Å². The Bertz CT molecular complexity index is 406. The quantitative estimate of drug-likeness (QED) is 0.612. The standard InChI is InChI=1S/C11H15N3O2S/c1-14(7-10(12)17)6-9-4-3-8(5-13-9)11(15)16-2/h3-5H,6-7H2,1-2H3,(H2,12,17). The first kappa shape index (κ1) is 13.5. The van der Waals surface area contributed by atoms with E-state index in [1.807, 2.05) is 11.9 Å². The third-order valence-electron chi connectivity index (χ3n) is 2.10. The molecule has 0 aromatic carbocycles. The van der Waals surface area contributed by atoms with Crippen molar-refractivity contribution < 1.29 is 9.53 Å². The van der Waals surface area contributed by atoms with Crippen molar-refractivity contribution in [2.75, 3.05) is 20.7 Å². The van der Waals surface area contributed by atoms with Gasteiger partial charge in [0.1, 0.15) is 0 Å². The van der Waals surface area contributed by atoms with Crippen molar-refractivity contribution in [1.82, 2.24) is 9.88 Å². The van der Waals surface area contributed by atoms with Crippen molar-refractivity contribution in [2.45, 2.75) is 6.54 Å². The maximum atomic E-state index is 11.2. The molecule has 0 radical (unpaired) electrons. The van der Waals surface area contributed by atoms with Crippen molar-refractivity contribution >= 4 is 23.2 Å². The van der Waals surface area contributed by atoms with E-state index in [2.05, 4.69) is 9.72 Å². The molecule has 0 aliphatic carbocycles. The molecule has 0 saturated heterocycles. The highest BCUT2D eigenvalue weighted by Gasteiger charge is 2.07. The minimum absolute atomic E-state index is 0.388. The number of likely N-dealkylation sites (N-methyl/N-ethyl adjacent to an activating group) is 1. The second-order valence-electron chi connectivity index (χ2n) is 3.67. The van der Waals surface area contributed by atoms with Gasteiger partial charge < -0.3 is 10.5 Å². The summed E-state index contributed by atoms with van der Waals surface area (Å²) in [6, 6.07) is 3.46. The topological polar surface area (TPSA) is 68.5 Å². The SMILES string of the molecule is COC(=O)c1ccc(CN(C)CC(N)=S)nc1. The Labute approximate surface area is 106 Å². The summed E-state index contributed by atoms with van der Waals surface area (Å²) >= 11 is 4.81. The Balaban J connectivity index is 2.62. The average Bonchev–Trinajstić information content (AvgIpc) is 2.28. The van der Waals surface area contributed by atoms with E-state index in [1.165, 1.54) is 13.3 Å². The lowest BCUT2D eigenvalue weighted by atomic mass is 10.2. The summed E-state index contributed by atoms with van der Waals surface area (Å²) in [6.45, 7) is 1.16. The van der Waals surface area contributed by atoms with Crippen LogP contribution in [-0.4, -0.2) is 41.5 Å². The molecule has 17 heavy (non-hydrogen) atoms. The van der Waals surface area contributed by atoms with Crippen LogP contribution in [0.15, 0.2) is 18.3 Å². The second-order valence-corrected chi connectivity index (χ2v) is 4.19. The highest BCUT2D eigenvalue weighted by atomic mass is 32.1. The number of carbonyl (C=O) groups excluding carboxylic acids is 1. The second kappa shape index (κ2) is 6.27. The summed E-state index contributed by atoms with van der Waals surface area (Å²) in [5, 5.41) is 0. The Hall–Kier alpha value is -1.53. The lowest BCUT2D eigenvalue weighted by Gasteiger charge is -2.14. The lowest BCUT2D eigenvalue weighted by molar-refractivity contribution is 0.0600. The van der Waals surface area contributed by atoms with E-state index in [0.717, 1.165) is 5.69 Å². The number of hydrogen-bond acceptors (Lipinski definition) is 5. The van der Waals surface area contributed by atoms with E-state index >= 15 is 0 Å². The van der Waals surface area contributed by atoms with Crippen LogP contribution >= 0.6 is 12.2 Å². The molecule has 0 unspecified atom stereocenters. The highest BCUT2D eigenvalue weighted by molar-refractivity contribution is 7.80. The summed E-state index contributed by atoms with van der Waals surface area (Å²) in [4.78, 5) is 17.7. The van der Waals surface area contributed by atoms with Crippen LogP contribution in [0.1, 0.15) is 16.1 Å². The van der Waals surface area contributed by atoms with Crippen LogP contribution in [0.25, 0.3) is 0 Å². The van der Waals surface area contributed by atoms with Crippen LogP contribution in [0.5, 0.6) is 0 Å². The summed E-state index contributed by atoms with van der Waals surface area (Å²) in [5.41, 5.74) is 6.72. The molecule has 1 heterocycles. The van der Waals surface area contributed by atoms with Crippen LogP contribution < -0.4 is 5.73 Å². The lowest BCUT2D eigenvalue weighted by Crippen LogP contribution is -2.29. The number of ether oxygens (including phenoxy) is 1. The smallest absolute Gasteiger partial charge is 0.339 e. The number of esters is 1. The maximum absolute atomic E-state index is 11.2. The van der Waals surface area contributed by atoms with Gasteiger partial charge in [-0.3, -0.25) is 9.88 Å². The third kappa shape index (κ3) is 4.46. The van der Waals surface area contributed by atoms with Crippen molar-refractivity contribution in [3.05, 3.63) is 29.6 Å². The zero-order valence-electron chi connectivity index (χ0n) is 9.84. The van der Waals surface area contributed by atoms with Gasteiger partial charge in [0, 0.05) is 19.3 Å². The fourth-order valence-corrected chi connectivity index (χ4v) is 1.58. The number of pyridine rings is 1.